The summed E-state index contributed by atoms with van der Waals surface area (Å²) >= 11 is 1.18. The lowest BCUT2D eigenvalue weighted by molar-refractivity contribution is 0.0602. The van der Waals surface area contributed by atoms with Gasteiger partial charge in [0.05, 0.1) is 26.9 Å². The van der Waals surface area contributed by atoms with E-state index in [1.165, 1.54) is 46.8 Å². The molecule has 168 valence electrons. The molecule has 11 heteroatoms. The lowest BCUT2D eigenvalue weighted by atomic mass is 10.1. The average molecular weight is 459 g/mol. The highest BCUT2D eigenvalue weighted by molar-refractivity contribution is 7.19. The molecule has 32 heavy (non-hydrogen) atoms. The zero-order valence-electron chi connectivity index (χ0n) is 18.0. The molecule has 10 nitrogen and oxygen atoms in total. The van der Waals surface area contributed by atoms with Crippen molar-refractivity contribution in [3.05, 3.63) is 56.2 Å². The van der Waals surface area contributed by atoms with Crippen molar-refractivity contribution in [3.8, 4) is 27.8 Å². The molecule has 0 radical (unpaired) electrons. The second-order valence-electron chi connectivity index (χ2n) is 6.59. The maximum absolute atomic E-state index is 12.4. The molecule has 0 saturated carbocycles. The summed E-state index contributed by atoms with van der Waals surface area (Å²) in [6, 6.07) is 6.91. The van der Waals surface area contributed by atoms with E-state index >= 15 is 0 Å². The highest BCUT2D eigenvalue weighted by atomic mass is 32.1. The van der Waals surface area contributed by atoms with Gasteiger partial charge >= 0.3 is 11.7 Å². The Morgan fingerprint density at radius 2 is 1.75 bits per heavy atom. The molecule has 0 aliphatic carbocycles. The van der Waals surface area contributed by atoms with Crippen LogP contribution in [0.4, 0.5) is 5.00 Å². The van der Waals surface area contributed by atoms with Crippen LogP contribution in [0.5, 0.6) is 17.4 Å². The van der Waals surface area contributed by atoms with Crippen molar-refractivity contribution in [1.82, 2.24) is 9.13 Å². The number of carbonyl (C=O) groups is 1. The first-order valence-electron chi connectivity index (χ1n) is 9.21. The van der Waals surface area contributed by atoms with Gasteiger partial charge in [0.2, 0.25) is 5.88 Å². The third-order valence-corrected chi connectivity index (χ3v) is 5.86. The van der Waals surface area contributed by atoms with Gasteiger partial charge in [0.15, 0.2) is 11.5 Å². The zero-order valence-corrected chi connectivity index (χ0v) is 18.8. The summed E-state index contributed by atoms with van der Waals surface area (Å²) in [6.07, 6.45) is 1.12. The molecule has 3 aromatic rings. The van der Waals surface area contributed by atoms with E-state index in [1.54, 1.807) is 24.3 Å². The van der Waals surface area contributed by atoms with Crippen molar-refractivity contribution >= 4 is 28.5 Å². The topological polar surface area (TPSA) is 121 Å². The van der Waals surface area contributed by atoms with Crippen molar-refractivity contribution in [3.63, 3.8) is 0 Å². The molecular formula is C21H21N3O7S. The molecule has 0 spiro atoms. The molecule has 2 heterocycles. The van der Waals surface area contributed by atoms with Gasteiger partial charge in [-0.15, -0.1) is 11.3 Å². The van der Waals surface area contributed by atoms with Crippen LogP contribution in [-0.2, 0) is 18.8 Å². The number of esters is 1. The average Bonchev–Trinajstić information content (AvgIpc) is 3.24. The molecule has 0 atom stereocenters. The number of aromatic nitrogens is 2. The Bertz CT molecular complexity index is 1330. The number of aliphatic imine (C=N–C) groups is 1. The van der Waals surface area contributed by atoms with Crippen LogP contribution in [0, 0.1) is 0 Å². The Morgan fingerprint density at radius 3 is 2.38 bits per heavy atom. The zero-order chi connectivity index (χ0) is 23.6. The molecule has 0 fully saturated rings. The van der Waals surface area contributed by atoms with E-state index in [0.717, 1.165) is 20.9 Å². The fraction of sp³-hybridized carbons (Fsp3) is 0.238. The summed E-state index contributed by atoms with van der Waals surface area (Å²) in [7, 11) is 6.92. The lowest BCUT2D eigenvalue weighted by Gasteiger charge is -2.08. The Hall–Kier alpha value is -3.86. The summed E-state index contributed by atoms with van der Waals surface area (Å²) in [5, 5.41) is 10.5. The van der Waals surface area contributed by atoms with Crippen molar-refractivity contribution in [2.75, 3.05) is 21.3 Å². The smallest absolute Gasteiger partial charge is 0.340 e. The highest BCUT2D eigenvalue weighted by Crippen LogP contribution is 2.40. The van der Waals surface area contributed by atoms with E-state index in [1.807, 2.05) is 0 Å². The minimum Gasteiger partial charge on any atom is -0.494 e. The molecule has 0 saturated heterocycles. The molecule has 2 aromatic heterocycles. The van der Waals surface area contributed by atoms with E-state index in [9.17, 15) is 19.5 Å². The predicted molar refractivity (Wildman–Crippen MR) is 120 cm³/mol. The normalized spacial score (nSPS) is 11.0. The minimum atomic E-state index is -0.717. The lowest BCUT2D eigenvalue weighted by Crippen LogP contribution is -2.38. The van der Waals surface area contributed by atoms with Crippen LogP contribution in [0.25, 0.3) is 10.4 Å². The van der Waals surface area contributed by atoms with Gasteiger partial charge in [-0.3, -0.25) is 13.9 Å². The fourth-order valence-electron chi connectivity index (χ4n) is 2.96. The van der Waals surface area contributed by atoms with Crippen LogP contribution in [-0.4, -0.2) is 47.8 Å². The summed E-state index contributed by atoms with van der Waals surface area (Å²) in [4.78, 5) is 41.6. The number of ether oxygens (including phenoxy) is 3. The quantitative estimate of drug-likeness (QED) is 0.442. The standard InChI is InChI=1S/C21H21N3O7S/c1-23-18(25)13(19(26)24(2)21(23)28)10-22-17-12(20(27)31-5)9-16(32-17)11-6-7-14(29-3)15(8-11)30-4/h6-10,25H,1-5H3. The first-order chi connectivity index (χ1) is 15.2. The summed E-state index contributed by atoms with van der Waals surface area (Å²) in [5.74, 6) is -0.0715. The van der Waals surface area contributed by atoms with Gasteiger partial charge in [-0.25, -0.2) is 14.6 Å². The molecular weight excluding hydrogens is 438 g/mol. The molecule has 3 rings (SSSR count). The van der Waals surface area contributed by atoms with Gasteiger partial charge in [-0.05, 0) is 29.8 Å². The van der Waals surface area contributed by atoms with Crippen molar-refractivity contribution in [1.29, 1.82) is 0 Å². The van der Waals surface area contributed by atoms with E-state index < -0.39 is 23.1 Å². The van der Waals surface area contributed by atoms with Crippen LogP contribution in [0.3, 0.4) is 0 Å². The largest absolute Gasteiger partial charge is 0.494 e. The number of rotatable bonds is 6. The predicted octanol–water partition coefficient (Wildman–Crippen LogP) is 2.07. The molecule has 0 aliphatic rings. The number of methoxy groups -OCH3 is 3. The van der Waals surface area contributed by atoms with Gasteiger partial charge in [0, 0.05) is 25.2 Å². The Morgan fingerprint density at radius 1 is 1.06 bits per heavy atom. The van der Waals surface area contributed by atoms with Gasteiger partial charge < -0.3 is 19.3 Å². The van der Waals surface area contributed by atoms with E-state index in [2.05, 4.69) is 4.99 Å². The summed E-state index contributed by atoms with van der Waals surface area (Å²) in [6.45, 7) is 0. The maximum Gasteiger partial charge on any atom is 0.340 e. The molecule has 0 aliphatic heterocycles. The van der Waals surface area contributed by atoms with Gasteiger partial charge in [0.1, 0.15) is 10.6 Å². The van der Waals surface area contributed by atoms with Crippen molar-refractivity contribution in [2.45, 2.75) is 0 Å². The molecule has 1 aromatic carbocycles. The number of hydrogen-bond acceptors (Lipinski definition) is 9. The van der Waals surface area contributed by atoms with Crippen LogP contribution in [0.2, 0.25) is 0 Å². The van der Waals surface area contributed by atoms with E-state index in [4.69, 9.17) is 14.2 Å². The van der Waals surface area contributed by atoms with Crippen LogP contribution < -0.4 is 20.7 Å². The second kappa shape index (κ2) is 9.10. The molecule has 0 bridgehead atoms. The maximum atomic E-state index is 12.4. The first kappa shape index (κ1) is 22.8. The molecule has 1 N–H and O–H groups in total. The van der Waals surface area contributed by atoms with Gasteiger partial charge in [0.25, 0.3) is 5.56 Å². The number of thiophene rings is 1. The van der Waals surface area contributed by atoms with E-state index in [0.29, 0.717) is 16.4 Å². The van der Waals surface area contributed by atoms with Crippen LogP contribution in [0.15, 0.2) is 38.8 Å². The summed E-state index contributed by atoms with van der Waals surface area (Å²) < 4.78 is 17.2. The van der Waals surface area contributed by atoms with E-state index in [-0.39, 0.29) is 16.1 Å². The second-order valence-corrected chi connectivity index (χ2v) is 7.62. The van der Waals surface area contributed by atoms with Crippen LogP contribution in [0.1, 0.15) is 15.9 Å². The number of hydrogen-bond donors (Lipinski definition) is 1. The highest BCUT2D eigenvalue weighted by Gasteiger charge is 2.19. The van der Waals surface area contributed by atoms with Crippen LogP contribution >= 0.6 is 11.3 Å². The van der Waals surface area contributed by atoms with Gasteiger partial charge in [-0.1, -0.05) is 0 Å². The Balaban J connectivity index is 2.13. The fourth-order valence-corrected chi connectivity index (χ4v) is 3.95. The third kappa shape index (κ3) is 4.02. The molecule has 0 unspecified atom stereocenters. The Kier molecular flexibility index (Phi) is 6.49. The van der Waals surface area contributed by atoms with Gasteiger partial charge in [-0.2, -0.15) is 0 Å². The number of carbonyl (C=O) groups excluding carboxylic acids is 1. The van der Waals surface area contributed by atoms with Crippen molar-refractivity contribution in [2.24, 2.45) is 19.1 Å². The number of benzene rings is 1. The van der Waals surface area contributed by atoms with Crippen molar-refractivity contribution < 1.29 is 24.1 Å². The minimum absolute atomic E-state index is 0.180. The monoisotopic (exact) mass is 459 g/mol. The number of nitrogens with zero attached hydrogens (tertiary/aromatic N) is 3. The summed E-state index contributed by atoms with van der Waals surface area (Å²) in [5.41, 5.74) is -0.649. The first-order valence-corrected chi connectivity index (χ1v) is 10.0. The number of aromatic hydroxyl groups is 1. The third-order valence-electron chi connectivity index (χ3n) is 4.76. The molecule has 0 amide bonds. The Labute approximate surface area is 186 Å². The SMILES string of the molecule is COC(=O)c1cc(-c2ccc(OC)c(OC)c2)sc1N=Cc1c(O)n(C)c(=O)n(C)c1=O.